The Morgan fingerprint density at radius 1 is 1.12 bits per heavy atom. The van der Waals surface area contributed by atoms with Crippen LogP contribution in [0.3, 0.4) is 0 Å². The standard InChI is InChI=1S/C22H24O4/c1-4-7-20-17(14-19(25-5-2)15-22(20)26-6-3)10-13-21(24)16-8-11-18(23)12-9-16/h4,8-15,23H,1,5-7H2,2-3H3. The van der Waals surface area contributed by atoms with Gasteiger partial charge in [0.25, 0.3) is 0 Å². The molecule has 0 aliphatic carbocycles. The number of ketones is 1. The lowest BCUT2D eigenvalue weighted by atomic mass is 10.0. The summed E-state index contributed by atoms with van der Waals surface area (Å²) in [7, 11) is 0. The van der Waals surface area contributed by atoms with Crippen LogP contribution in [0.4, 0.5) is 0 Å². The van der Waals surface area contributed by atoms with Crippen molar-refractivity contribution in [1.82, 2.24) is 0 Å². The highest BCUT2D eigenvalue weighted by Gasteiger charge is 2.11. The van der Waals surface area contributed by atoms with E-state index >= 15 is 0 Å². The Bertz CT molecular complexity index is 789. The fraction of sp³-hybridized carbons (Fsp3) is 0.227. The SMILES string of the molecule is C=CCc1c(C=CC(=O)c2ccc(O)cc2)cc(OCC)cc1OCC. The quantitative estimate of drug-likeness (QED) is 0.399. The van der Waals surface area contributed by atoms with Crippen LogP contribution in [0.25, 0.3) is 6.08 Å². The summed E-state index contributed by atoms with van der Waals surface area (Å²) in [5.74, 6) is 1.41. The Kier molecular flexibility index (Phi) is 7.03. The summed E-state index contributed by atoms with van der Waals surface area (Å²) in [4.78, 5) is 12.4. The van der Waals surface area contributed by atoms with E-state index < -0.39 is 0 Å². The summed E-state index contributed by atoms with van der Waals surface area (Å²) < 4.78 is 11.4. The number of hydrogen-bond donors (Lipinski definition) is 1. The minimum atomic E-state index is -0.144. The smallest absolute Gasteiger partial charge is 0.185 e. The molecular formula is C22H24O4. The van der Waals surface area contributed by atoms with Crippen LogP contribution in [0.2, 0.25) is 0 Å². The molecule has 0 radical (unpaired) electrons. The summed E-state index contributed by atoms with van der Waals surface area (Å²) in [5, 5.41) is 9.34. The monoisotopic (exact) mass is 352 g/mol. The topological polar surface area (TPSA) is 55.8 Å². The van der Waals surface area contributed by atoms with Gasteiger partial charge in [-0.1, -0.05) is 12.2 Å². The van der Waals surface area contributed by atoms with Gasteiger partial charge in [-0.05, 0) is 62.2 Å². The van der Waals surface area contributed by atoms with Crippen molar-refractivity contribution in [2.75, 3.05) is 13.2 Å². The molecule has 0 fully saturated rings. The Hall–Kier alpha value is -3.01. The lowest BCUT2D eigenvalue weighted by Crippen LogP contribution is -2.01. The number of allylic oxidation sites excluding steroid dienone is 2. The molecule has 2 aromatic carbocycles. The maximum Gasteiger partial charge on any atom is 0.185 e. The molecule has 0 spiro atoms. The first-order valence-corrected chi connectivity index (χ1v) is 8.63. The van der Waals surface area contributed by atoms with E-state index in [2.05, 4.69) is 6.58 Å². The maximum atomic E-state index is 12.4. The highest BCUT2D eigenvalue weighted by molar-refractivity contribution is 6.07. The van der Waals surface area contributed by atoms with Gasteiger partial charge < -0.3 is 14.6 Å². The zero-order valence-corrected chi connectivity index (χ0v) is 15.2. The number of hydrogen-bond acceptors (Lipinski definition) is 4. The van der Waals surface area contributed by atoms with Gasteiger partial charge in [0, 0.05) is 17.2 Å². The molecular weight excluding hydrogens is 328 g/mol. The third kappa shape index (κ3) is 4.99. The van der Waals surface area contributed by atoms with Crippen molar-refractivity contribution in [2.24, 2.45) is 0 Å². The second kappa shape index (κ2) is 9.47. The van der Waals surface area contributed by atoms with Gasteiger partial charge in [0.1, 0.15) is 17.2 Å². The molecule has 4 heteroatoms. The van der Waals surface area contributed by atoms with Gasteiger partial charge in [0.15, 0.2) is 5.78 Å². The number of phenolic OH excluding ortho intramolecular Hbond substituents is 1. The van der Waals surface area contributed by atoms with E-state index in [0.717, 1.165) is 16.9 Å². The van der Waals surface area contributed by atoms with Crippen LogP contribution in [-0.2, 0) is 6.42 Å². The molecule has 2 rings (SSSR count). The van der Waals surface area contributed by atoms with Crippen LogP contribution < -0.4 is 9.47 Å². The van der Waals surface area contributed by atoms with Crippen molar-refractivity contribution in [3.05, 3.63) is 71.8 Å². The zero-order chi connectivity index (χ0) is 18.9. The lowest BCUT2D eigenvalue weighted by molar-refractivity contribution is 0.104. The van der Waals surface area contributed by atoms with E-state index in [0.29, 0.717) is 30.9 Å². The van der Waals surface area contributed by atoms with Gasteiger partial charge in [-0.15, -0.1) is 6.58 Å². The molecule has 2 aromatic rings. The second-order valence-corrected chi connectivity index (χ2v) is 5.59. The second-order valence-electron chi connectivity index (χ2n) is 5.59. The first kappa shape index (κ1) is 19.3. The van der Waals surface area contributed by atoms with Crippen molar-refractivity contribution in [2.45, 2.75) is 20.3 Å². The fourth-order valence-corrected chi connectivity index (χ4v) is 2.57. The fourth-order valence-electron chi connectivity index (χ4n) is 2.57. The minimum Gasteiger partial charge on any atom is -0.508 e. The first-order valence-electron chi connectivity index (χ1n) is 8.63. The van der Waals surface area contributed by atoms with Gasteiger partial charge in [-0.2, -0.15) is 0 Å². The van der Waals surface area contributed by atoms with E-state index in [1.54, 1.807) is 24.3 Å². The summed E-state index contributed by atoms with van der Waals surface area (Å²) in [6.45, 7) is 8.73. The number of benzene rings is 2. The maximum absolute atomic E-state index is 12.4. The third-order valence-corrected chi connectivity index (χ3v) is 3.74. The number of ether oxygens (including phenoxy) is 2. The van der Waals surface area contributed by atoms with E-state index in [1.807, 2.05) is 26.0 Å². The van der Waals surface area contributed by atoms with E-state index in [9.17, 15) is 9.90 Å². The lowest BCUT2D eigenvalue weighted by Gasteiger charge is -2.15. The van der Waals surface area contributed by atoms with Crippen molar-refractivity contribution in [1.29, 1.82) is 0 Å². The Balaban J connectivity index is 2.39. The summed E-state index contributed by atoms with van der Waals surface area (Å²) in [5.41, 5.74) is 2.32. The van der Waals surface area contributed by atoms with E-state index in [-0.39, 0.29) is 11.5 Å². The van der Waals surface area contributed by atoms with Crippen LogP contribution in [0.1, 0.15) is 35.3 Å². The first-order chi connectivity index (χ1) is 12.6. The van der Waals surface area contributed by atoms with Crippen LogP contribution in [-0.4, -0.2) is 24.1 Å². The number of rotatable bonds is 9. The summed E-state index contributed by atoms with van der Waals surface area (Å²) in [6.07, 6.45) is 5.70. The molecule has 4 nitrogen and oxygen atoms in total. The molecule has 0 aliphatic heterocycles. The van der Waals surface area contributed by atoms with Crippen molar-refractivity contribution in [3.63, 3.8) is 0 Å². The highest BCUT2D eigenvalue weighted by atomic mass is 16.5. The third-order valence-electron chi connectivity index (χ3n) is 3.74. The average molecular weight is 352 g/mol. The molecule has 0 heterocycles. The molecule has 26 heavy (non-hydrogen) atoms. The molecule has 0 aliphatic rings. The van der Waals surface area contributed by atoms with Crippen LogP contribution in [0, 0.1) is 0 Å². The summed E-state index contributed by atoms with van der Waals surface area (Å²) in [6, 6.07) is 9.93. The minimum absolute atomic E-state index is 0.129. The molecule has 0 saturated carbocycles. The van der Waals surface area contributed by atoms with Crippen LogP contribution in [0.15, 0.2) is 55.1 Å². The molecule has 0 amide bonds. The van der Waals surface area contributed by atoms with Crippen LogP contribution in [0.5, 0.6) is 17.2 Å². The molecule has 0 unspecified atom stereocenters. The molecule has 1 N–H and O–H groups in total. The largest absolute Gasteiger partial charge is 0.508 e. The van der Waals surface area contributed by atoms with Crippen molar-refractivity contribution >= 4 is 11.9 Å². The van der Waals surface area contributed by atoms with Crippen molar-refractivity contribution < 1.29 is 19.4 Å². The van der Waals surface area contributed by atoms with Gasteiger partial charge in [0.2, 0.25) is 0 Å². The predicted octanol–water partition coefficient (Wildman–Crippen LogP) is 4.81. The van der Waals surface area contributed by atoms with Crippen molar-refractivity contribution in [3.8, 4) is 17.2 Å². The average Bonchev–Trinajstić information content (AvgIpc) is 2.63. The number of carbonyl (C=O) groups is 1. The van der Waals surface area contributed by atoms with Gasteiger partial charge in [0.05, 0.1) is 13.2 Å². The molecule has 0 aromatic heterocycles. The van der Waals surface area contributed by atoms with Gasteiger partial charge in [-0.3, -0.25) is 4.79 Å². The molecule has 0 bridgehead atoms. The summed E-state index contributed by atoms with van der Waals surface area (Å²) >= 11 is 0. The Labute approximate surface area is 154 Å². The van der Waals surface area contributed by atoms with E-state index in [4.69, 9.17) is 9.47 Å². The van der Waals surface area contributed by atoms with Gasteiger partial charge in [-0.25, -0.2) is 0 Å². The predicted molar refractivity (Wildman–Crippen MR) is 104 cm³/mol. The Morgan fingerprint density at radius 3 is 2.42 bits per heavy atom. The Morgan fingerprint density at radius 2 is 1.81 bits per heavy atom. The number of phenols is 1. The van der Waals surface area contributed by atoms with Gasteiger partial charge >= 0.3 is 0 Å². The normalized spacial score (nSPS) is 10.7. The molecule has 0 saturated heterocycles. The number of carbonyl (C=O) groups excluding carboxylic acids is 1. The van der Waals surface area contributed by atoms with Crippen LogP contribution >= 0.6 is 0 Å². The molecule has 0 atom stereocenters. The highest BCUT2D eigenvalue weighted by Crippen LogP contribution is 2.31. The zero-order valence-electron chi connectivity index (χ0n) is 15.2. The van der Waals surface area contributed by atoms with E-state index in [1.165, 1.54) is 18.2 Å². The molecule has 136 valence electrons. The number of aromatic hydroxyl groups is 1.